The second kappa shape index (κ2) is 8.81. The zero-order valence-electron chi connectivity index (χ0n) is 18.1. The zero-order valence-corrected chi connectivity index (χ0v) is 18.9. The predicted octanol–water partition coefficient (Wildman–Crippen LogP) is 5.42. The van der Waals surface area contributed by atoms with Gasteiger partial charge in [0.15, 0.2) is 5.65 Å². The predicted molar refractivity (Wildman–Crippen MR) is 126 cm³/mol. The summed E-state index contributed by atoms with van der Waals surface area (Å²) in [5.41, 5.74) is 7.50. The highest BCUT2D eigenvalue weighted by atomic mass is 35.5. The number of nitrogens with zero attached hydrogens (tertiary/aromatic N) is 4. The van der Waals surface area contributed by atoms with Crippen LogP contribution in [0.3, 0.4) is 0 Å². The van der Waals surface area contributed by atoms with Crippen LogP contribution in [0.25, 0.3) is 16.8 Å². The molecule has 4 rings (SSSR count). The third kappa shape index (κ3) is 4.20. The molecule has 32 heavy (non-hydrogen) atoms. The molecule has 4 aromatic rings. The molecule has 1 N–H and O–H groups in total. The van der Waals surface area contributed by atoms with Gasteiger partial charge in [0, 0.05) is 28.5 Å². The zero-order chi connectivity index (χ0) is 22.8. The van der Waals surface area contributed by atoms with E-state index in [1.54, 1.807) is 4.52 Å². The highest BCUT2D eigenvalue weighted by Crippen LogP contribution is 2.27. The van der Waals surface area contributed by atoms with Crippen molar-refractivity contribution in [3.05, 3.63) is 81.8 Å². The van der Waals surface area contributed by atoms with E-state index in [0.717, 1.165) is 39.3 Å². The highest BCUT2D eigenvalue weighted by molar-refractivity contribution is 6.30. The number of hydrogen-bond acceptors (Lipinski definition) is 4. The minimum atomic E-state index is -0.0688. The van der Waals surface area contributed by atoms with E-state index < -0.39 is 0 Å². The lowest BCUT2D eigenvalue weighted by molar-refractivity contribution is -0.116. The number of benzene rings is 2. The van der Waals surface area contributed by atoms with Gasteiger partial charge >= 0.3 is 0 Å². The summed E-state index contributed by atoms with van der Waals surface area (Å²) in [4.78, 5) is 17.2. The van der Waals surface area contributed by atoms with Crippen molar-refractivity contribution in [1.29, 1.82) is 5.26 Å². The van der Waals surface area contributed by atoms with Crippen molar-refractivity contribution < 1.29 is 4.79 Å². The number of halogens is 1. The van der Waals surface area contributed by atoms with Gasteiger partial charge in [-0.05, 0) is 73.7 Å². The first-order valence-corrected chi connectivity index (χ1v) is 10.7. The molecule has 0 aliphatic heterocycles. The van der Waals surface area contributed by atoms with E-state index in [1.165, 1.54) is 6.20 Å². The Bertz CT molecular complexity index is 1380. The molecule has 0 spiro atoms. The van der Waals surface area contributed by atoms with E-state index in [-0.39, 0.29) is 5.91 Å². The molecular formula is C25H22ClN5O. The number of amides is 1. The van der Waals surface area contributed by atoms with Gasteiger partial charge in [-0.2, -0.15) is 10.4 Å². The summed E-state index contributed by atoms with van der Waals surface area (Å²) < 4.78 is 1.66. The number of fused-ring (bicyclic) bond motifs is 1. The Morgan fingerprint density at radius 2 is 1.94 bits per heavy atom. The summed E-state index contributed by atoms with van der Waals surface area (Å²) >= 11 is 6.10. The first kappa shape index (κ1) is 21.5. The molecule has 2 heterocycles. The van der Waals surface area contributed by atoms with E-state index in [0.29, 0.717) is 29.1 Å². The quantitative estimate of drug-likeness (QED) is 0.446. The molecule has 160 valence electrons. The Morgan fingerprint density at radius 3 is 2.66 bits per heavy atom. The molecule has 0 atom stereocenters. The first-order valence-electron chi connectivity index (χ1n) is 10.3. The monoisotopic (exact) mass is 443 g/mol. The molecule has 0 aliphatic carbocycles. The Hall–Kier alpha value is -3.69. The van der Waals surface area contributed by atoms with Crippen molar-refractivity contribution in [1.82, 2.24) is 14.6 Å². The van der Waals surface area contributed by atoms with Crippen LogP contribution in [0, 0.1) is 32.1 Å². The van der Waals surface area contributed by atoms with Crippen molar-refractivity contribution in [3.8, 4) is 17.2 Å². The van der Waals surface area contributed by atoms with Gasteiger partial charge in [-0.3, -0.25) is 4.79 Å². The average Bonchev–Trinajstić information content (AvgIpc) is 3.18. The van der Waals surface area contributed by atoms with Crippen LogP contribution in [0.4, 0.5) is 5.69 Å². The number of aryl methyl sites for hydroxylation is 3. The van der Waals surface area contributed by atoms with Crippen LogP contribution in [-0.2, 0) is 11.2 Å². The van der Waals surface area contributed by atoms with E-state index in [9.17, 15) is 10.1 Å². The average molecular weight is 444 g/mol. The number of anilines is 1. The van der Waals surface area contributed by atoms with E-state index in [1.807, 2.05) is 63.2 Å². The van der Waals surface area contributed by atoms with Crippen LogP contribution < -0.4 is 5.32 Å². The minimum absolute atomic E-state index is 0.0688. The third-order valence-electron chi connectivity index (χ3n) is 5.59. The summed E-state index contributed by atoms with van der Waals surface area (Å²) in [6.45, 7) is 5.80. The molecule has 0 aliphatic rings. The lowest BCUT2D eigenvalue weighted by Gasteiger charge is -2.13. The van der Waals surface area contributed by atoms with Gasteiger partial charge in [-0.25, -0.2) is 9.50 Å². The fourth-order valence-electron chi connectivity index (χ4n) is 3.85. The van der Waals surface area contributed by atoms with Gasteiger partial charge in [0.1, 0.15) is 11.6 Å². The molecule has 1 amide bonds. The lowest BCUT2D eigenvalue weighted by atomic mass is 10.0. The van der Waals surface area contributed by atoms with Crippen molar-refractivity contribution in [3.63, 3.8) is 0 Å². The van der Waals surface area contributed by atoms with Crippen molar-refractivity contribution in [2.75, 3.05) is 5.32 Å². The van der Waals surface area contributed by atoms with E-state index >= 15 is 0 Å². The summed E-state index contributed by atoms with van der Waals surface area (Å²) in [7, 11) is 0. The molecule has 0 radical (unpaired) electrons. The molecule has 2 aromatic heterocycles. The maximum absolute atomic E-state index is 12.7. The number of nitriles is 1. The Kier molecular flexibility index (Phi) is 5.93. The second-order valence-electron chi connectivity index (χ2n) is 7.75. The largest absolute Gasteiger partial charge is 0.326 e. The van der Waals surface area contributed by atoms with Crippen LogP contribution in [0.5, 0.6) is 0 Å². The Labute approximate surface area is 191 Å². The van der Waals surface area contributed by atoms with Gasteiger partial charge in [-0.15, -0.1) is 0 Å². The number of rotatable bonds is 5. The Morgan fingerprint density at radius 1 is 1.16 bits per heavy atom. The fraction of sp³-hybridized carbons (Fsp3) is 0.200. The number of hydrogen-bond donors (Lipinski definition) is 1. The maximum atomic E-state index is 12.7. The normalized spacial score (nSPS) is 10.8. The number of aromatic nitrogens is 3. The topological polar surface area (TPSA) is 83.1 Å². The SMILES string of the molecule is Cc1cc(-c2cccc(Cl)c2)ccc1NC(=O)CCc1c(C)nc2c(C#N)cnn2c1C. The van der Waals surface area contributed by atoms with E-state index in [2.05, 4.69) is 21.5 Å². The molecule has 0 saturated carbocycles. The number of carbonyl (C=O) groups is 1. The van der Waals surface area contributed by atoms with E-state index in [4.69, 9.17) is 11.6 Å². The Balaban J connectivity index is 1.47. The van der Waals surface area contributed by atoms with Crippen LogP contribution in [-0.4, -0.2) is 20.5 Å². The second-order valence-corrected chi connectivity index (χ2v) is 8.19. The fourth-order valence-corrected chi connectivity index (χ4v) is 4.04. The number of nitrogens with one attached hydrogen (secondary N) is 1. The molecule has 0 unspecified atom stereocenters. The molecule has 0 fully saturated rings. The molecule has 2 aromatic carbocycles. The lowest BCUT2D eigenvalue weighted by Crippen LogP contribution is -2.15. The summed E-state index contributed by atoms with van der Waals surface area (Å²) in [6, 6.07) is 15.7. The standard InChI is InChI=1S/C25H22ClN5O/c1-15-11-19(18-5-4-6-21(26)12-18)7-9-23(15)30-24(32)10-8-22-16(2)29-25-20(13-27)14-28-31(25)17(22)3/h4-7,9,11-12,14H,8,10H2,1-3H3,(H,30,32). The summed E-state index contributed by atoms with van der Waals surface area (Å²) in [5.74, 6) is -0.0688. The molecule has 6 nitrogen and oxygen atoms in total. The van der Waals surface area contributed by atoms with Gasteiger partial charge < -0.3 is 5.32 Å². The maximum Gasteiger partial charge on any atom is 0.224 e. The highest BCUT2D eigenvalue weighted by Gasteiger charge is 2.15. The smallest absolute Gasteiger partial charge is 0.224 e. The van der Waals surface area contributed by atoms with Crippen LogP contribution >= 0.6 is 11.6 Å². The molecule has 7 heteroatoms. The number of carbonyl (C=O) groups excluding carboxylic acids is 1. The van der Waals surface area contributed by atoms with Crippen molar-refractivity contribution >= 4 is 28.8 Å². The molecule has 0 bridgehead atoms. The van der Waals surface area contributed by atoms with Gasteiger partial charge in [-0.1, -0.05) is 29.8 Å². The van der Waals surface area contributed by atoms with Gasteiger partial charge in [0.2, 0.25) is 5.91 Å². The van der Waals surface area contributed by atoms with Crippen molar-refractivity contribution in [2.45, 2.75) is 33.6 Å². The molecule has 0 saturated heterocycles. The van der Waals surface area contributed by atoms with Crippen LogP contribution in [0.15, 0.2) is 48.7 Å². The van der Waals surface area contributed by atoms with Gasteiger partial charge in [0.25, 0.3) is 0 Å². The van der Waals surface area contributed by atoms with Gasteiger partial charge in [0.05, 0.1) is 6.20 Å². The summed E-state index contributed by atoms with van der Waals surface area (Å²) in [5, 5.41) is 17.2. The minimum Gasteiger partial charge on any atom is -0.326 e. The van der Waals surface area contributed by atoms with Crippen LogP contribution in [0.2, 0.25) is 5.02 Å². The molecular weight excluding hydrogens is 422 g/mol. The third-order valence-corrected chi connectivity index (χ3v) is 5.82. The first-order chi connectivity index (χ1) is 15.4. The van der Waals surface area contributed by atoms with Crippen LogP contribution in [0.1, 0.15) is 34.5 Å². The summed E-state index contributed by atoms with van der Waals surface area (Å²) in [6.07, 6.45) is 2.37. The van der Waals surface area contributed by atoms with Crippen molar-refractivity contribution in [2.24, 2.45) is 0 Å².